The molecule has 2 rings (SSSR count). The average molecular weight is 404 g/mol. The summed E-state index contributed by atoms with van der Waals surface area (Å²) in [4.78, 5) is 24.0. The average Bonchev–Trinajstić information content (AvgIpc) is 2.71. The van der Waals surface area contributed by atoms with Crippen molar-refractivity contribution in [2.75, 3.05) is 20.3 Å². The van der Waals surface area contributed by atoms with Crippen molar-refractivity contribution >= 4 is 11.8 Å². The van der Waals surface area contributed by atoms with Crippen LogP contribution in [0.4, 0.5) is 4.39 Å². The number of methoxy groups -OCH3 is 1. The van der Waals surface area contributed by atoms with E-state index >= 15 is 0 Å². The first-order chi connectivity index (χ1) is 13.9. The fourth-order valence-corrected chi connectivity index (χ4v) is 2.25. The van der Waals surface area contributed by atoms with E-state index in [9.17, 15) is 14.0 Å². The first-order valence-corrected chi connectivity index (χ1v) is 9.17. The van der Waals surface area contributed by atoms with Crippen molar-refractivity contribution in [2.24, 2.45) is 5.92 Å². The Labute approximate surface area is 169 Å². The molecule has 0 radical (unpaired) electrons. The third kappa shape index (κ3) is 7.33. The van der Waals surface area contributed by atoms with Crippen molar-refractivity contribution in [1.82, 2.24) is 10.9 Å². The van der Waals surface area contributed by atoms with E-state index in [0.717, 1.165) is 6.42 Å². The van der Waals surface area contributed by atoms with Gasteiger partial charge in [0.1, 0.15) is 11.6 Å². The first kappa shape index (κ1) is 22.0. The molecule has 2 aromatic carbocycles. The van der Waals surface area contributed by atoms with Gasteiger partial charge in [0.15, 0.2) is 18.1 Å². The van der Waals surface area contributed by atoms with E-state index in [1.807, 2.05) is 0 Å². The zero-order valence-corrected chi connectivity index (χ0v) is 16.7. The van der Waals surface area contributed by atoms with Gasteiger partial charge in [-0.05, 0) is 54.8 Å². The monoisotopic (exact) mass is 404 g/mol. The van der Waals surface area contributed by atoms with Gasteiger partial charge < -0.3 is 14.2 Å². The molecule has 0 heterocycles. The largest absolute Gasteiger partial charge is 0.493 e. The number of ether oxygens (including phenoxy) is 3. The highest BCUT2D eigenvalue weighted by Crippen LogP contribution is 2.28. The Morgan fingerprint density at radius 1 is 1.00 bits per heavy atom. The maximum atomic E-state index is 12.8. The van der Waals surface area contributed by atoms with E-state index in [0.29, 0.717) is 29.8 Å². The summed E-state index contributed by atoms with van der Waals surface area (Å²) in [6.07, 6.45) is 0.900. The second-order valence-corrected chi connectivity index (χ2v) is 6.64. The molecule has 8 heteroatoms. The lowest BCUT2D eigenvalue weighted by molar-refractivity contribution is -0.123. The van der Waals surface area contributed by atoms with Crippen LogP contribution in [0.3, 0.4) is 0 Å². The predicted molar refractivity (Wildman–Crippen MR) is 105 cm³/mol. The fraction of sp³-hybridized carbons (Fsp3) is 0.333. The van der Waals surface area contributed by atoms with Crippen LogP contribution in [0, 0.1) is 11.7 Å². The minimum atomic E-state index is -0.566. The first-order valence-electron chi connectivity index (χ1n) is 9.17. The lowest BCUT2D eigenvalue weighted by Gasteiger charge is -2.13. The van der Waals surface area contributed by atoms with Crippen molar-refractivity contribution in [3.63, 3.8) is 0 Å². The Bertz CT molecular complexity index is 824. The molecule has 0 saturated heterocycles. The molecule has 0 aliphatic carbocycles. The molecule has 0 aliphatic heterocycles. The van der Waals surface area contributed by atoms with Gasteiger partial charge in [0.2, 0.25) is 0 Å². The third-order valence-corrected chi connectivity index (χ3v) is 3.88. The summed E-state index contributed by atoms with van der Waals surface area (Å²) in [7, 11) is 1.49. The number of hydrazine groups is 1. The summed E-state index contributed by atoms with van der Waals surface area (Å²) < 4.78 is 29.0. The van der Waals surface area contributed by atoms with Crippen molar-refractivity contribution in [2.45, 2.75) is 20.3 Å². The highest BCUT2D eigenvalue weighted by molar-refractivity contribution is 5.96. The number of hydrogen-bond donors (Lipinski definition) is 2. The Morgan fingerprint density at radius 3 is 2.38 bits per heavy atom. The Balaban J connectivity index is 1.84. The maximum absolute atomic E-state index is 12.8. The Morgan fingerprint density at radius 2 is 1.72 bits per heavy atom. The van der Waals surface area contributed by atoms with Gasteiger partial charge in [-0.15, -0.1) is 0 Å². The van der Waals surface area contributed by atoms with E-state index in [-0.39, 0.29) is 12.2 Å². The van der Waals surface area contributed by atoms with Gasteiger partial charge in [-0.1, -0.05) is 13.8 Å². The minimum absolute atomic E-state index is 0.290. The summed E-state index contributed by atoms with van der Waals surface area (Å²) >= 11 is 0. The van der Waals surface area contributed by atoms with E-state index in [2.05, 4.69) is 24.7 Å². The van der Waals surface area contributed by atoms with E-state index < -0.39 is 17.6 Å². The van der Waals surface area contributed by atoms with Gasteiger partial charge in [0, 0.05) is 5.56 Å². The normalized spacial score (nSPS) is 10.4. The molecule has 29 heavy (non-hydrogen) atoms. The van der Waals surface area contributed by atoms with Crippen LogP contribution in [0.15, 0.2) is 42.5 Å². The van der Waals surface area contributed by atoms with Gasteiger partial charge in [0.05, 0.1) is 13.7 Å². The summed E-state index contributed by atoms with van der Waals surface area (Å²) in [5.74, 6) is 0.331. The standard InChI is InChI=1S/C21H25FN2O5/c1-14(2)10-11-28-18-9-4-15(12-19(18)27-3)21(26)24-23-20(25)13-29-17-7-5-16(22)6-8-17/h4-9,12,14H,10-11,13H2,1-3H3,(H,23,25)(H,24,26). The molecule has 0 spiro atoms. The Hall–Kier alpha value is -3.29. The third-order valence-electron chi connectivity index (χ3n) is 3.88. The van der Waals surface area contributed by atoms with Crippen molar-refractivity contribution < 1.29 is 28.2 Å². The predicted octanol–water partition coefficient (Wildman–Crippen LogP) is 3.10. The highest BCUT2D eigenvalue weighted by Gasteiger charge is 2.12. The minimum Gasteiger partial charge on any atom is -0.493 e. The smallest absolute Gasteiger partial charge is 0.276 e. The van der Waals surface area contributed by atoms with Crippen LogP contribution < -0.4 is 25.1 Å². The molecule has 2 aromatic rings. The zero-order valence-electron chi connectivity index (χ0n) is 16.7. The quantitative estimate of drug-likeness (QED) is 0.628. The number of benzene rings is 2. The molecule has 0 aromatic heterocycles. The number of nitrogens with one attached hydrogen (secondary N) is 2. The zero-order chi connectivity index (χ0) is 21.2. The molecule has 156 valence electrons. The van der Waals surface area contributed by atoms with Crippen LogP contribution in [0.1, 0.15) is 30.6 Å². The Kier molecular flexibility index (Phi) is 8.27. The van der Waals surface area contributed by atoms with E-state index in [1.54, 1.807) is 12.1 Å². The second kappa shape index (κ2) is 10.9. The van der Waals surface area contributed by atoms with Crippen LogP contribution in [-0.2, 0) is 4.79 Å². The van der Waals surface area contributed by atoms with Crippen LogP contribution in [0.2, 0.25) is 0 Å². The fourth-order valence-electron chi connectivity index (χ4n) is 2.25. The second-order valence-electron chi connectivity index (χ2n) is 6.64. The molecular weight excluding hydrogens is 379 g/mol. The number of amides is 2. The van der Waals surface area contributed by atoms with Crippen molar-refractivity contribution in [3.8, 4) is 17.2 Å². The molecule has 2 N–H and O–H groups in total. The van der Waals surface area contributed by atoms with Crippen LogP contribution >= 0.6 is 0 Å². The summed E-state index contributed by atoms with van der Waals surface area (Å²) in [5.41, 5.74) is 4.84. The lowest BCUT2D eigenvalue weighted by Crippen LogP contribution is -2.43. The number of rotatable bonds is 9. The van der Waals surface area contributed by atoms with Gasteiger partial charge in [-0.25, -0.2) is 4.39 Å². The SMILES string of the molecule is COc1cc(C(=O)NNC(=O)COc2ccc(F)cc2)ccc1OCCC(C)C. The molecule has 0 fully saturated rings. The summed E-state index contributed by atoms with van der Waals surface area (Å²) in [5, 5.41) is 0. The molecule has 7 nitrogen and oxygen atoms in total. The summed E-state index contributed by atoms with van der Waals surface area (Å²) in [6, 6.07) is 9.99. The summed E-state index contributed by atoms with van der Waals surface area (Å²) in [6.45, 7) is 4.42. The van der Waals surface area contributed by atoms with Crippen LogP contribution in [0.25, 0.3) is 0 Å². The maximum Gasteiger partial charge on any atom is 0.276 e. The lowest BCUT2D eigenvalue weighted by atomic mass is 10.1. The molecule has 0 atom stereocenters. The molecule has 0 bridgehead atoms. The van der Waals surface area contributed by atoms with E-state index in [1.165, 1.54) is 37.4 Å². The van der Waals surface area contributed by atoms with Crippen molar-refractivity contribution in [3.05, 3.63) is 53.8 Å². The number of hydrogen-bond acceptors (Lipinski definition) is 5. The number of halogens is 1. The van der Waals surface area contributed by atoms with Gasteiger partial charge >= 0.3 is 0 Å². The van der Waals surface area contributed by atoms with E-state index in [4.69, 9.17) is 14.2 Å². The highest BCUT2D eigenvalue weighted by atomic mass is 19.1. The van der Waals surface area contributed by atoms with Crippen LogP contribution in [-0.4, -0.2) is 32.1 Å². The molecule has 0 saturated carbocycles. The molecular formula is C21H25FN2O5. The van der Waals surface area contributed by atoms with Gasteiger partial charge in [0.25, 0.3) is 11.8 Å². The molecule has 2 amide bonds. The molecule has 0 unspecified atom stereocenters. The number of carbonyl (C=O) groups is 2. The number of carbonyl (C=O) groups excluding carboxylic acids is 2. The topological polar surface area (TPSA) is 85.9 Å². The van der Waals surface area contributed by atoms with Gasteiger partial charge in [-0.3, -0.25) is 20.4 Å². The van der Waals surface area contributed by atoms with Crippen molar-refractivity contribution in [1.29, 1.82) is 0 Å². The van der Waals surface area contributed by atoms with Crippen LogP contribution in [0.5, 0.6) is 17.2 Å². The molecule has 0 aliphatic rings. The van der Waals surface area contributed by atoms with Gasteiger partial charge in [-0.2, -0.15) is 0 Å².